The average Bonchev–Trinajstić information content (AvgIpc) is 2.92. The lowest BCUT2D eigenvalue weighted by Gasteiger charge is -2.14. The van der Waals surface area contributed by atoms with Crippen molar-refractivity contribution < 1.29 is 18.0 Å². The number of sulfone groups is 1. The number of fused-ring (bicyclic) bond motifs is 1. The first-order valence-corrected chi connectivity index (χ1v) is 10.4. The molecule has 1 aliphatic carbocycles. The monoisotopic (exact) mass is 374 g/mol. The first-order chi connectivity index (χ1) is 12.2. The third kappa shape index (κ3) is 3.44. The SMILES string of the molecule is Cc1c(C(=O)N[C@H](C)c2ccc(S(C)(=O)=O)cc2)[nH]c2c1C(=O)CCC2. The molecule has 1 amide bonds. The number of aryl methyl sites for hydroxylation is 1. The fraction of sp³-hybridized carbons (Fsp3) is 0.368. The predicted molar refractivity (Wildman–Crippen MR) is 98.2 cm³/mol. The van der Waals surface area contributed by atoms with Crippen LogP contribution in [0.4, 0.5) is 0 Å². The molecule has 1 aromatic carbocycles. The molecule has 0 saturated carbocycles. The minimum atomic E-state index is -3.25. The zero-order valence-electron chi connectivity index (χ0n) is 15.0. The lowest BCUT2D eigenvalue weighted by molar-refractivity contribution is 0.0934. The lowest BCUT2D eigenvalue weighted by atomic mass is 9.94. The predicted octanol–water partition coefficient (Wildman–Crippen LogP) is 2.74. The van der Waals surface area contributed by atoms with Crippen LogP contribution in [0.25, 0.3) is 0 Å². The number of H-pyrrole nitrogens is 1. The number of hydrogen-bond acceptors (Lipinski definition) is 4. The Labute approximate surface area is 152 Å². The van der Waals surface area contributed by atoms with Crippen LogP contribution in [0.1, 0.15) is 63.5 Å². The van der Waals surface area contributed by atoms with E-state index in [0.29, 0.717) is 23.2 Å². The minimum absolute atomic E-state index is 0.0865. The number of carbonyl (C=O) groups is 2. The number of benzene rings is 1. The Morgan fingerprint density at radius 2 is 1.85 bits per heavy atom. The van der Waals surface area contributed by atoms with Crippen LogP contribution in [-0.4, -0.2) is 31.3 Å². The van der Waals surface area contributed by atoms with Gasteiger partial charge in [0.15, 0.2) is 15.6 Å². The van der Waals surface area contributed by atoms with E-state index in [1.165, 1.54) is 12.1 Å². The zero-order chi connectivity index (χ0) is 19.1. The van der Waals surface area contributed by atoms with Crippen molar-refractivity contribution in [3.05, 3.63) is 52.3 Å². The Balaban J connectivity index is 1.79. The number of amides is 1. The Hall–Kier alpha value is -2.41. The molecule has 1 atom stereocenters. The van der Waals surface area contributed by atoms with Gasteiger partial charge in [0.25, 0.3) is 5.91 Å². The van der Waals surface area contributed by atoms with Crippen LogP contribution in [-0.2, 0) is 16.3 Å². The summed E-state index contributed by atoms with van der Waals surface area (Å²) in [7, 11) is -3.25. The molecule has 0 unspecified atom stereocenters. The van der Waals surface area contributed by atoms with Gasteiger partial charge in [-0.1, -0.05) is 12.1 Å². The van der Waals surface area contributed by atoms with Gasteiger partial charge >= 0.3 is 0 Å². The van der Waals surface area contributed by atoms with Crippen LogP contribution in [0.15, 0.2) is 29.2 Å². The van der Waals surface area contributed by atoms with Crippen molar-refractivity contribution >= 4 is 21.5 Å². The van der Waals surface area contributed by atoms with Gasteiger partial charge in [-0.05, 0) is 49.9 Å². The topological polar surface area (TPSA) is 96.1 Å². The van der Waals surface area contributed by atoms with E-state index in [9.17, 15) is 18.0 Å². The maximum Gasteiger partial charge on any atom is 0.268 e. The Morgan fingerprint density at radius 1 is 1.19 bits per heavy atom. The Kier molecular flexibility index (Phi) is 4.75. The summed E-state index contributed by atoms with van der Waals surface area (Å²) in [5.41, 5.74) is 3.42. The van der Waals surface area contributed by atoms with Gasteiger partial charge < -0.3 is 10.3 Å². The summed E-state index contributed by atoms with van der Waals surface area (Å²) in [6.45, 7) is 3.62. The second-order valence-corrected chi connectivity index (χ2v) is 8.81. The first kappa shape index (κ1) is 18.4. The minimum Gasteiger partial charge on any atom is -0.354 e. The van der Waals surface area contributed by atoms with Crippen molar-refractivity contribution in [3.8, 4) is 0 Å². The van der Waals surface area contributed by atoms with E-state index in [4.69, 9.17) is 0 Å². The van der Waals surface area contributed by atoms with Crippen LogP contribution in [0, 0.1) is 6.92 Å². The second-order valence-electron chi connectivity index (χ2n) is 6.79. The molecule has 0 spiro atoms. The smallest absolute Gasteiger partial charge is 0.268 e. The van der Waals surface area contributed by atoms with Crippen molar-refractivity contribution in [1.82, 2.24) is 10.3 Å². The van der Waals surface area contributed by atoms with Gasteiger partial charge in [0, 0.05) is 23.9 Å². The van der Waals surface area contributed by atoms with E-state index in [-0.39, 0.29) is 22.6 Å². The molecule has 0 saturated heterocycles. The number of aromatic nitrogens is 1. The van der Waals surface area contributed by atoms with E-state index >= 15 is 0 Å². The zero-order valence-corrected chi connectivity index (χ0v) is 15.9. The summed E-state index contributed by atoms with van der Waals surface area (Å²) < 4.78 is 23.1. The Morgan fingerprint density at radius 3 is 2.42 bits per heavy atom. The molecule has 1 heterocycles. The number of carbonyl (C=O) groups excluding carboxylic acids is 2. The molecule has 26 heavy (non-hydrogen) atoms. The van der Waals surface area contributed by atoms with Crippen LogP contribution in [0.2, 0.25) is 0 Å². The van der Waals surface area contributed by atoms with Gasteiger partial charge in [0.2, 0.25) is 0 Å². The maximum atomic E-state index is 12.7. The second kappa shape index (κ2) is 6.72. The lowest BCUT2D eigenvalue weighted by Crippen LogP contribution is -2.27. The molecule has 7 heteroatoms. The number of nitrogens with one attached hydrogen (secondary N) is 2. The van der Waals surface area contributed by atoms with Gasteiger partial charge in [-0.25, -0.2) is 8.42 Å². The highest BCUT2D eigenvalue weighted by Crippen LogP contribution is 2.27. The van der Waals surface area contributed by atoms with Crippen LogP contribution in [0.5, 0.6) is 0 Å². The highest BCUT2D eigenvalue weighted by Gasteiger charge is 2.26. The van der Waals surface area contributed by atoms with E-state index in [2.05, 4.69) is 10.3 Å². The largest absolute Gasteiger partial charge is 0.354 e. The highest BCUT2D eigenvalue weighted by molar-refractivity contribution is 7.90. The van der Waals surface area contributed by atoms with Crippen molar-refractivity contribution in [2.24, 2.45) is 0 Å². The summed E-state index contributed by atoms with van der Waals surface area (Å²) in [6, 6.07) is 6.15. The van der Waals surface area contributed by atoms with Crippen LogP contribution >= 0.6 is 0 Å². The van der Waals surface area contributed by atoms with Crippen molar-refractivity contribution in [2.75, 3.05) is 6.26 Å². The van der Waals surface area contributed by atoms with E-state index in [1.807, 2.05) is 6.92 Å². The Bertz CT molecular complexity index is 972. The fourth-order valence-corrected chi connectivity index (χ4v) is 3.99. The summed E-state index contributed by atoms with van der Waals surface area (Å²) in [4.78, 5) is 28.1. The molecular weight excluding hydrogens is 352 g/mol. The van der Waals surface area contributed by atoms with E-state index in [1.54, 1.807) is 19.1 Å². The molecule has 2 aromatic rings. The van der Waals surface area contributed by atoms with Crippen LogP contribution < -0.4 is 5.32 Å². The molecule has 3 rings (SSSR count). The summed E-state index contributed by atoms with van der Waals surface area (Å²) in [5.74, 6) is -0.187. The number of Topliss-reactive ketones (excluding diaryl/α,β-unsaturated/α-hetero) is 1. The van der Waals surface area contributed by atoms with Crippen molar-refractivity contribution in [1.29, 1.82) is 0 Å². The summed E-state index contributed by atoms with van der Waals surface area (Å²) in [6.07, 6.45) is 3.26. The normalized spacial score (nSPS) is 15.4. The third-order valence-corrected chi connectivity index (χ3v) is 5.95. The molecule has 138 valence electrons. The molecular formula is C19H22N2O4S. The fourth-order valence-electron chi connectivity index (χ4n) is 3.36. The number of ketones is 1. The molecule has 6 nitrogen and oxygen atoms in total. The summed E-state index contributed by atoms with van der Waals surface area (Å²) >= 11 is 0. The molecule has 2 N–H and O–H groups in total. The highest BCUT2D eigenvalue weighted by atomic mass is 32.2. The van der Waals surface area contributed by atoms with Gasteiger partial charge in [-0.15, -0.1) is 0 Å². The van der Waals surface area contributed by atoms with Crippen LogP contribution in [0.3, 0.4) is 0 Å². The molecule has 0 radical (unpaired) electrons. The third-order valence-electron chi connectivity index (χ3n) is 4.82. The van der Waals surface area contributed by atoms with Gasteiger partial charge in [-0.2, -0.15) is 0 Å². The van der Waals surface area contributed by atoms with Crippen molar-refractivity contribution in [3.63, 3.8) is 0 Å². The molecule has 0 fully saturated rings. The van der Waals surface area contributed by atoms with Gasteiger partial charge in [-0.3, -0.25) is 9.59 Å². The maximum absolute atomic E-state index is 12.7. The molecule has 1 aliphatic rings. The quantitative estimate of drug-likeness (QED) is 0.860. The van der Waals surface area contributed by atoms with Crippen molar-refractivity contribution in [2.45, 2.75) is 44.0 Å². The number of hydrogen-bond donors (Lipinski definition) is 2. The molecule has 1 aromatic heterocycles. The van der Waals surface area contributed by atoms with E-state index < -0.39 is 9.84 Å². The molecule has 0 aliphatic heterocycles. The summed E-state index contributed by atoms with van der Waals surface area (Å²) in [5, 5.41) is 2.90. The number of aromatic amines is 1. The molecule has 0 bridgehead atoms. The van der Waals surface area contributed by atoms with Gasteiger partial charge in [0.1, 0.15) is 5.69 Å². The standard InChI is InChI=1S/C19H22N2O4S/c1-11-17-15(5-4-6-16(17)22)21-18(11)19(23)20-12(2)13-7-9-14(10-8-13)26(3,24)25/h7-10,12,21H,4-6H2,1-3H3,(H,20,23)/t12-/m1/s1. The van der Waals surface area contributed by atoms with E-state index in [0.717, 1.165) is 30.4 Å². The first-order valence-electron chi connectivity index (χ1n) is 8.54. The number of rotatable bonds is 4. The average molecular weight is 374 g/mol. The van der Waals surface area contributed by atoms with Gasteiger partial charge in [0.05, 0.1) is 10.9 Å².